The molecule has 0 saturated heterocycles. The average Bonchev–Trinajstić information content (AvgIpc) is 3.37. The smallest absolute Gasteiger partial charge is 0.332 e. The summed E-state index contributed by atoms with van der Waals surface area (Å²) in [5, 5.41) is 4.38. The van der Waals surface area contributed by atoms with Crippen molar-refractivity contribution in [3.8, 4) is 11.4 Å². The summed E-state index contributed by atoms with van der Waals surface area (Å²) in [6, 6.07) is 3.86. The van der Waals surface area contributed by atoms with Crippen molar-refractivity contribution in [2.45, 2.75) is 46.3 Å². The van der Waals surface area contributed by atoms with Gasteiger partial charge in [0.15, 0.2) is 5.65 Å². The van der Waals surface area contributed by atoms with Crippen LogP contribution in [0, 0.1) is 0 Å². The molecule has 0 saturated carbocycles. The zero-order valence-corrected chi connectivity index (χ0v) is 16.5. The van der Waals surface area contributed by atoms with Crippen molar-refractivity contribution in [2.24, 2.45) is 0 Å². The van der Waals surface area contributed by atoms with Crippen molar-refractivity contribution in [3.63, 3.8) is 0 Å². The maximum Gasteiger partial charge on any atom is 0.332 e. The van der Waals surface area contributed by atoms with E-state index < -0.39 is 0 Å². The Kier molecular flexibility index (Phi) is 5.11. The highest BCUT2D eigenvalue weighted by Gasteiger charge is 2.18. The minimum Gasteiger partial charge on any atom is -0.332 e. The molecule has 1 N–H and O–H groups in total. The second-order valence-corrected chi connectivity index (χ2v) is 6.96. The number of hydrogen-bond donors (Lipinski definition) is 1. The Labute approximate surface area is 166 Å². The van der Waals surface area contributed by atoms with Gasteiger partial charge >= 0.3 is 5.69 Å². The number of aromatic amines is 1. The SMILES string of the molecule is CCCn1c(=O)c2[nH]c(-c3cnn(Cc4cccnc4)c3)nc2n(CCC)c1=O. The molecule has 4 aromatic rings. The summed E-state index contributed by atoms with van der Waals surface area (Å²) in [7, 11) is 0. The second kappa shape index (κ2) is 7.86. The second-order valence-electron chi connectivity index (χ2n) is 6.96. The summed E-state index contributed by atoms with van der Waals surface area (Å²) < 4.78 is 4.65. The standard InChI is InChI=1S/C20H23N7O2/c1-3-8-26-18-16(19(28)27(9-4-2)20(26)29)23-17(24-18)15-11-22-25(13-15)12-14-6-5-7-21-10-14/h5-7,10-11,13H,3-4,8-9,12H2,1-2H3,(H,23,24). The Bertz CT molecular complexity index is 1250. The third kappa shape index (κ3) is 3.51. The van der Waals surface area contributed by atoms with E-state index in [9.17, 15) is 9.59 Å². The van der Waals surface area contributed by atoms with Crippen LogP contribution in [0.3, 0.4) is 0 Å². The van der Waals surface area contributed by atoms with Crippen molar-refractivity contribution in [3.05, 3.63) is 63.3 Å². The molecular weight excluding hydrogens is 370 g/mol. The van der Waals surface area contributed by atoms with E-state index in [4.69, 9.17) is 0 Å². The van der Waals surface area contributed by atoms with Crippen LogP contribution in [0.1, 0.15) is 32.3 Å². The van der Waals surface area contributed by atoms with Crippen molar-refractivity contribution < 1.29 is 0 Å². The van der Waals surface area contributed by atoms with Gasteiger partial charge in [-0.05, 0) is 24.5 Å². The number of hydrogen-bond acceptors (Lipinski definition) is 5. The monoisotopic (exact) mass is 393 g/mol. The lowest BCUT2D eigenvalue weighted by atomic mass is 10.3. The quantitative estimate of drug-likeness (QED) is 0.517. The molecule has 0 amide bonds. The Morgan fingerprint density at radius 2 is 1.86 bits per heavy atom. The van der Waals surface area contributed by atoms with Crippen LogP contribution in [-0.2, 0) is 19.6 Å². The van der Waals surface area contributed by atoms with Crippen LogP contribution in [-0.4, -0.2) is 33.9 Å². The molecule has 4 aromatic heterocycles. The fraction of sp³-hybridized carbons (Fsp3) is 0.350. The van der Waals surface area contributed by atoms with Gasteiger partial charge in [-0.25, -0.2) is 9.78 Å². The predicted octanol–water partition coefficient (Wildman–Crippen LogP) is 2.01. The number of nitrogens with one attached hydrogen (secondary N) is 1. The van der Waals surface area contributed by atoms with E-state index in [1.54, 1.807) is 27.8 Å². The largest absolute Gasteiger partial charge is 0.332 e. The van der Waals surface area contributed by atoms with Crippen LogP contribution in [0.4, 0.5) is 0 Å². The number of imidazole rings is 1. The maximum absolute atomic E-state index is 12.8. The number of rotatable bonds is 7. The molecule has 9 heteroatoms. The van der Waals surface area contributed by atoms with E-state index in [0.717, 1.165) is 17.5 Å². The summed E-state index contributed by atoms with van der Waals surface area (Å²) >= 11 is 0. The van der Waals surface area contributed by atoms with Crippen LogP contribution in [0.15, 0.2) is 46.5 Å². The van der Waals surface area contributed by atoms with Gasteiger partial charge in [-0.1, -0.05) is 19.9 Å². The molecule has 29 heavy (non-hydrogen) atoms. The highest BCUT2D eigenvalue weighted by Crippen LogP contribution is 2.18. The van der Waals surface area contributed by atoms with Gasteiger partial charge in [0.2, 0.25) is 0 Å². The minimum atomic E-state index is -0.333. The lowest BCUT2D eigenvalue weighted by Crippen LogP contribution is -2.40. The normalized spacial score (nSPS) is 11.4. The molecule has 0 bridgehead atoms. The van der Waals surface area contributed by atoms with Crippen molar-refractivity contribution in [1.82, 2.24) is 33.9 Å². The van der Waals surface area contributed by atoms with Crippen molar-refractivity contribution in [2.75, 3.05) is 0 Å². The summed E-state index contributed by atoms with van der Waals surface area (Å²) in [5.41, 5.74) is 1.89. The number of aryl methyl sites for hydroxylation is 1. The Morgan fingerprint density at radius 3 is 2.59 bits per heavy atom. The van der Waals surface area contributed by atoms with E-state index in [1.807, 2.05) is 32.2 Å². The average molecular weight is 393 g/mol. The number of aromatic nitrogens is 7. The summed E-state index contributed by atoms with van der Waals surface area (Å²) in [5.74, 6) is 0.521. The highest BCUT2D eigenvalue weighted by atomic mass is 16.2. The topological polar surface area (TPSA) is 103 Å². The van der Waals surface area contributed by atoms with Gasteiger partial charge in [0.05, 0.1) is 18.3 Å². The molecule has 0 fully saturated rings. The lowest BCUT2D eigenvalue weighted by Gasteiger charge is -2.09. The highest BCUT2D eigenvalue weighted by molar-refractivity contribution is 5.75. The van der Waals surface area contributed by atoms with Crippen LogP contribution in [0.25, 0.3) is 22.6 Å². The molecule has 0 aliphatic carbocycles. The number of nitrogens with zero attached hydrogens (tertiary/aromatic N) is 6. The minimum absolute atomic E-state index is 0.309. The molecule has 0 radical (unpaired) electrons. The molecular formula is C20H23N7O2. The fourth-order valence-corrected chi connectivity index (χ4v) is 3.40. The van der Waals surface area contributed by atoms with E-state index in [-0.39, 0.29) is 11.2 Å². The van der Waals surface area contributed by atoms with Crippen molar-refractivity contribution >= 4 is 11.2 Å². The first kappa shape index (κ1) is 18.9. The van der Waals surface area contributed by atoms with Crippen LogP contribution in [0.5, 0.6) is 0 Å². The van der Waals surface area contributed by atoms with Crippen molar-refractivity contribution in [1.29, 1.82) is 0 Å². The van der Waals surface area contributed by atoms with Crippen LogP contribution < -0.4 is 11.2 Å². The summed E-state index contributed by atoms with van der Waals surface area (Å²) in [6.07, 6.45) is 8.55. The molecule has 0 aliphatic heterocycles. The fourth-order valence-electron chi connectivity index (χ4n) is 3.40. The first-order chi connectivity index (χ1) is 14.1. The van der Waals surface area contributed by atoms with Gasteiger partial charge in [0.25, 0.3) is 5.56 Å². The zero-order valence-electron chi connectivity index (χ0n) is 16.5. The van der Waals surface area contributed by atoms with Gasteiger partial charge < -0.3 is 4.98 Å². The first-order valence-corrected chi connectivity index (χ1v) is 9.77. The predicted molar refractivity (Wildman–Crippen MR) is 110 cm³/mol. The van der Waals surface area contributed by atoms with Gasteiger partial charge in [-0.3, -0.25) is 23.6 Å². The van der Waals surface area contributed by atoms with E-state index >= 15 is 0 Å². The molecule has 9 nitrogen and oxygen atoms in total. The van der Waals surface area contributed by atoms with Crippen LogP contribution in [0.2, 0.25) is 0 Å². The first-order valence-electron chi connectivity index (χ1n) is 9.77. The number of fused-ring (bicyclic) bond motifs is 1. The lowest BCUT2D eigenvalue weighted by molar-refractivity contribution is 0.555. The Balaban J connectivity index is 1.78. The van der Waals surface area contributed by atoms with Gasteiger partial charge in [-0.15, -0.1) is 0 Å². The Morgan fingerprint density at radius 1 is 1.07 bits per heavy atom. The summed E-state index contributed by atoms with van der Waals surface area (Å²) in [4.78, 5) is 37.4. The summed E-state index contributed by atoms with van der Waals surface area (Å²) in [6.45, 7) is 5.40. The van der Waals surface area contributed by atoms with E-state index in [2.05, 4.69) is 20.1 Å². The Hall–Kier alpha value is -3.49. The maximum atomic E-state index is 12.8. The zero-order chi connectivity index (χ0) is 20.4. The molecule has 0 spiro atoms. The molecule has 150 valence electrons. The molecule has 0 atom stereocenters. The third-order valence-corrected chi connectivity index (χ3v) is 4.73. The molecule has 0 aromatic carbocycles. The third-order valence-electron chi connectivity index (χ3n) is 4.73. The molecule has 0 aliphatic rings. The van der Waals surface area contributed by atoms with Crippen LogP contribution >= 0.6 is 0 Å². The van der Waals surface area contributed by atoms with Gasteiger partial charge in [0.1, 0.15) is 11.3 Å². The van der Waals surface area contributed by atoms with Gasteiger partial charge in [-0.2, -0.15) is 5.10 Å². The van der Waals surface area contributed by atoms with Gasteiger partial charge in [0, 0.05) is 31.7 Å². The molecule has 4 heterocycles. The van der Waals surface area contributed by atoms with E-state index in [0.29, 0.717) is 43.0 Å². The molecule has 0 unspecified atom stereocenters. The number of H-pyrrole nitrogens is 1. The number of pyridine rings is 1. The molecule has 4 rings (SSSR count). The van der Waals surface area contributed by atoms with E-state index in [1.165, 1.54) is 4.57 Å².